The average molecular weight is 1350 g/mol. The van der Waals surface area contributed by atoms with Crippen LogP contribution in [0.25, 0.3) is 0 Å². The highest BCUT2D eigenvalue weighted by Gasteiger charge is 2.42. The van der Waals surface area contributed by atoms with Gasteiger partial charge in [-0.15, -0.1) is 0 Å². The van der Waals surface area contributed by atoms with E-state index in [9.17, 15) is 62.3 Å². The molecule has 2 fully saturated rings. The molecule has 524 valence electrons. The van der Waals surface area contributed by atoms with E-state index in [4.69, 9.17) is 40.1 Å². The Labute approximate surface area is 558 Å². The first-order valence-corrected chi connectivity index (χ1v) is 33.6. The Kier molecular flexibility index (Phi) is 33.9. The summed E-state index contributed by atoms with van der Waals surface area (Å²) in [5.41, 5.74) is 40.6. The van der Waals surface area contributed by atoms with Crippen LogP contribution in [0.15, 0.2) is 65.7 Å². The van der Waals surface area contributed by atoms with Gasteiger partial charge in [-0.2, -0.15) is 11.8 Å². The summed E-state index contributed by atoms with van der Waals surface area (Å²) >= 11 is 1.45. The topological polar surface area (TPSA) is 519 Å². The SMILES string of the molecule is CSCC[C@H](NC(=O)[C@H](CC(C)C)NC(=O)CNC(=O)[C@@H](Cc1ccccc1)NC(=O)[C@H](Cc1ccccc1)NC(=O)[C@H](CCC(N)=O)NC(=O)[C@H](CCC(N)=O)NC(=O)[C@H]1CCCN1C(=O)[C@@H](CCCCN)NC(=O)[C@H]1CCCN1C(=O)[C@@H](N)CCCN=C(N)N)C(N)=O. The number of thioether (sulfide) groups is 1. The van der Waals surface area contributed by atoms with E-state index in [1.807, 2.05) is 20.1 Å². The highest BCUT2D eigenvalue weighted by Crippen LogP contribution is 2.24. The van der Waals surface area contributed by atoms with E-state index in [1.165, 1.54) is 21.6 Å². The molecule has 2 aliphatic heterocycles. The monoisotopic (exact) mass is 1350 g/mol. The fourth-order valence-corrected chi connectivity index (χ4v) is 11.5. The molecule has 22 N–H and O–H groups in total. The number of aliphatic imine (C=N–C) groups is 1. The summed E-state index contributed by atoms with van der Waals surface area (Å²) < 4.78 is 0. The number of hydrogen-bond donors (Lipinski definition) is 15. The molecule has 0 bridgehead atoms. The van der Waals surface area contributed by atoms with Gasteiger partial charge in [0, 0.05) is 45.3 Å². The molecule has 2 saturated heterocycles. The van der Waals surface area contributed by atoms with Gasteiger partial charge >= 0.3 is 0 Å². The van der Waals surface area contributed by atoms with E-state index >= 15 is 0 Å². The normalized spacial score (nSPS) is 16.8. The number of carbonyl (C=O) groups is 13. The van der Waals surface area contributed by atoms with Crippen molar-refractivity contribution in [2.45, 2.75) is 183 Å². The van der Waals surface area contributed by atoms with Crippen molar-refractivity contribution in [3.8, 4) is 0 Å². The number of nitrogens with one attached hydrogen (secondary N) is 8. The molecule has 31 nitrogen and oxygen atoms in total. The molecule has 2 aromatic carbocycles. The van der Waals surface area contributed by atoms with Crippen molar-refractivity contribution in [2.75, 3.05) is 44.7 Å². The van der Waals surface area contributed by atoms with Crippen LogP contribution in [0.3, 0.4) is 0 Å². The third-order valence-corrected chi connectivity index (χ3v) is 16.7. The van der Waals surface area contributed by atoms with Gasteiger partial charge in [-0.05, 0) is 119 Å². The number of unbranched alkanes of at least 4 members (excludes halogenated alkanes) is 1. The third-order valence-electron chi connectivity index (χ3n) is 16.0. The maximum Gasteiger partial charge on any atom is 0.245 e. The van der Waals surface area contributed by atoms with Crippen molar-refractivity contribution in [2.24, 2.45) is 51.0 Å². The quantitative estimate of drug-likeness (QED) is 0.0173. The average Bonchev–Trinajstić information content (AvgIpc) is 1.74. The molecule has 0 spiro atoms. The first kappa shape index (κ1) is 78.5. The molecule has 0 aromatic heterocycles. The summed E-state index contributed by atoms with van der Waals surface area (Å²) in [7, 11) is 0. The molecule has 0 unspecified atom stereocenters. The highest BCUT2D eigenvalue weighted by molar-refractivity contribution is 7.98. The third kappa shape index (κ3) is 27.5. The zero-order valence-electron chi connectivity index (χ0n) is 54.5. The van der Waals surface area contributed by atoms with E-state index in [0.717, 1.165) is 0 Å². The Hall–Kier alpha value is -8.91. The smallest absolute Gasteiger partial charge is 0.245 e. The lowest BCUT2D eigenvalue weighted by Gasteiger charge is -2.32. The molecule has 0 radical (unpaired) electrons. The van der Waals surface area contributed by atoms with Crippen LogP contribution in [0.5, 0.6) is 0 Å². The van der Waals surface area contributed by atoms with Crippen LogP contribution < -0.4 is 82.7 Å². The summed E-state index contributed by atoms with van der Waals surface area (Å²) in [6.07, 6.45) is 3.12. The van der Waals surface area contributed by atoms with Crippen molar-refractivity contribution in [3.63, 3.8) is 0 Å². The summed E-state index contributed by atoms with van der Waals surface area (Å²) in [6, 6.07) is 4.51. The molecule has 2 aliphatic rings. The Morgan fingerprint density at radius 3 is 1.51 bits per heavy atom. The largest absolute Gasteiger partial charge is 0.370 e. The number of nitrogens with zero attached hydrogens (tertiary/aromatic N) is 3. The van der Waals surface area contributed by atoms with Gasteiger partial charge in [0.25, 0.3) is 0 Å². The number of rotatable bonds is 42. The number of carbonyl (C=O) groups excluding carboxylic acids is 13. The number of hydrogen-bond acceptors (Lipinski definition) is 17. The zero-order valence-corrected chi connectivity index (χ0v) is 55.3. The van der Waals surface area contributed by atoms with Gasteiger partial charge in [-0.1, -0.05) is 74.5 Å². The molecule has 13 amide bonds. The number of primary amides is 3. The molecule has 0 aliphatic carbocycles. The number of amides is 13. The Morgan fingerprint density at radius 1 is 0.537 bits per heavy atom. The van der Waals surface area contributed by atoms with Crippen LogP contribution in [0.4, 0.5) is 0 Å². The molecule has 2 heterocycles. The van der Waals surface area contributed by atoms with E-state index < -0.39 is 169 Å². The second kappa shape index (κ2) is 41.0. The lowest BCUT2D eigenvalue weighted by Crippen LogP contribution is -2.60. The molecular weight excluding hydrogens is 1250 g/mol. The first-order valence-electron chi connectivity index (χ1n) is 32.2. The summed E-state index contributed by atoms with van der Waals surface area (Å²) in [5.74, 6) is -9.80. The molecule has 10 atom stereocenters. The van der Waals surface area contributed by atoms with Crippen LogP contribution in [-0.4, -0.2) is 198 Å². The van der Waals surface area contributed by atoms with Crippen molar-refractivity contribution >= 4 is 94.5 Å². The van der Waals surface area contributed by atoms with E-state index in [-0.39, 0.29) is 83.0 Å². The van der Waals surface area contributed by atoms with E-state index in [0.29, 0.717) is 55.4 Å². The second-order valence-corrected chi connectivity index (χ2v) is 25.1. The van der Waals surface area contributed by atoms with Crippen molar-refractivity contribution in [3.05, 3.63) is 71.8 Å². The minimum atomic E-state index is -1.64. The van der Waals surface area contributed by atoms with Crippen molar-refractivity contribution in [1.29, 1.82) is 0 Å². The zero-order chi connectivity index (χ0) is 70.1. The predicted molar refractivity (Wildman–Crippen MR) is 356 cm³/mol. The Balaban J connectivity index is 1.56. The van der Waals surface area contributed by atoms with Gasteiger partial charge in [-0.3, -0.25) is 67.3 Å². The standard InChI is InChI=1S/C63H98N18O13S/c1-37(2)33-45(57(89)74-41(53(68)85)27-32-95-3)73-52(84)36-72-54(86)46(34-38-15-6-4-7-16-38)78-58(90)47(35-39-17-8-5-9-18-39)79-56(88)42(23-25-50(66)82)75-55(87)43(24-26-51(67)83)76-59(91)49-22-14-31-81(49)62(94)44(20-10-11-28-64)77-60(92)48-21-13-30-80(48)61(93)40(65)19-12-29-71-63(69)70/h4-9,15-18,37,40-49H,10-14,19-36,64-65H2,1-3H3,(H2,66,82)(H2,67,83)(H2,68,85)(H,72,86)(H,73,84)(H,74,89)(H,75,87)(H,76,91)(H,77,92)(H,78,90)(H,79,88)(H4,69,70,71)/t40-,41-,42-,43-,44+,45-,46+,47-,48+,49+/m0/s1. The van der Waals surface area contributed by atoms with Crippen LogP contribution >= 0.6 is 11.8 Å². The van der Waals surface area contributed by atoms with Crippen molar-refractivity contribution in [1.82, 2.24) is 52.3 Å². The first-order chi connectivity index (χ1) is 45.2. The molecule has 32 heteroatoms. The predicted octanol–water partition coefficient (Wildman–Crippen LogP) is -3.71. The second-order valence-electron chi connectivity index (χ2n) is 24.1. The number of guanidine groups is 1. The van der Waals surface area contributed by atoms with E-state index in [1.54, 1.807) is 60.7 Å². The summed E-state index contributed by atoms with van der Waals surface area (Å²) in [5, 5.41) is 21.1. The van der Waals surface area contributed by atoms with Gasteiger partial charge in [0.15, 0.2) is 5.96 Å². The van der Waals surface area contributed by atoms with E-state index in [2.05, 4.69) is 47.5 Å². The molecule has 4 rings (SSSR count). The number of nitrogens with two attached hydrogens (primary N) is 7. The molecular formula is C63H98N18O13S. The van der Waals surface area contributed by atoms with Crippen LogP contribution in [0.1, 0.15) is 121 Å². The number of likely N-dealkylation sites (tertiary alicyclic amines) is 2. The minimum absolute atomic E-state index is 0.0736. The fraction of sp³-hybridized carbons (Fsp3) is 0.587. The van der Waals surface area contributed by atoms with Gasteiger partial charge < -0.3 is 92.5 Å². The Morgan fingerprint density at radius 2 is 1.01 bits per heavy atom. The Bertz CT molecular complexity index is 2960. The van der Waals surface area contributed by atoms with Crippen molar-refractivity contribution < 1.29 is 62.3 Å². The van der Waals surface area contributed by atoms with Gasteiger partial charge in [0.1, 0.15) is 54.4 Å². The lowest BCUT2D eigenvalue weighted by atomic mass is 10.0. The van der Waals surface area contributed by atoms with Crippen LogP contribution in [-0.2, 0) is 75.2 Å². The van der Waals surface area contributed by atoms with Crippen LogP contribution in [0, 0.1) is 5.92 Å². The summed E-state index contributed by atoms with van der Waals surface area (Å²) in [6.45, 7) is 3.86. The molecule has 0 saturated carbocycles. The van der Waals surface area contributed by atoms with Gasteiger partial charge in [0.2, 0.25) is 76.8 Å². The molecule has 95 heavy (non-hydrogen) atoms. The summed E-state index contributed by atoms with van der Waals surface area (Å²) in [4.78, 5) is 185. The highest BCUT2D eigenvalue weighted by atomic mass is 32.2. The minimum Gasteiger partial charge on any atom is -0.370 e. The number of benzene rings is 2. The fourth-order valence-electron chi connectivity index (χ4n) is 11.0. The van der Waals surface area contributed by atoms with Gasteiger partial charge in [-0.25, -0.2) is 0 Å². The maximum absolute atomic E-state index is 14.7. The maximum atomic E-state index is 14.7. The lowest BCUT2D eigenvalue weighted by molar-refractivity contribution is -0.144. The van der Waals surface area contributed by atoms with Gasteiger partial charge in [0.05, 0.1) is 12.6 Å². The molecule has 2 aromatic rings. The van der Waals surface area contributed by atoms with Crippen LogP contribution in [0.2, 0.25) is 0 Å².